The van der Waals surface area contributed by atoms with Crippen molar-refractivity contribution in [1.29, 1.82) is 0 Å². The van der Waals surface area contributed by atoms with Crippen LogP contribution in [0.2, 0.25) is 0 Å². The molecule has 40 heavy (non-hydrogen) atoms. The van der Waals surface area contributed by atoms with Crippen molar-refractivity contribution < 1.29 is 17.5 Å². The van der Waals surface area contributed by atoms with E-state index in [2.05, 4.69) is 51.4 Å². The molecule has 2 rings (SSSR count). The first-order chi connectivity index (χ1) is 19.1. The van der Waals surface area contributed by atoms with Crippen molar-refractivity contribution in [3.8, 4) is 0 Å². The zero-order chi connectivity index (χ0) is 29.5. The van der Waals surface area contributed by atoms with Gasteiger partial charge in [0.1, 0.15) is 0 Å². The molecular weight excluding hydrogens is 514 g/mol. The van der Waals surface area contributed by atoms with Gasteiger partial charge in [0.25, 0.3) is 10.1 Å². The second-order valence-corrected chi connectivity index (χ2v) is 13.6. The third-order valence-corrected chi connectivity index (χ3v) is 8.65. The summed E-state index contributed by atoms with van der Waals surface area (Å²) in [5.41, 5.74) is 2.43. The molecule has 0 radical (unpaired) electrons. The Kier molecular flexibility index (Phi) is 20.0. The topological polar surface area (TPSA) is 54.4 Å². The Labute approximate surface area is 247 Å². The van der Waals surface area contributed by atoms with Gasteiger partial charge in [0.2, 0.25) is 0 Å². The lowest BCUT2D eigenvalue weighted by atomic mass is 10.0. The standard InChI is InChI=1S/C28H52N.C7H8O3S/c1-4-5-6-7-8-9-10-11-12-13-14-15-16-17-18-22-26-29(2,3)27-25-28-23-20-19-21-24-28;1-6-2-4-7(5-3-6)11(8,9)10/h19-21,23-24H,4-18,22,25-27H2,1-3H3;2-5H,1H3,(H,8,9,10)/q+1;. The molecule has 0 saturated carbocycles. The fourth-order valence-electron chi connectivity index (χ4n) is 4.99. The van der Waals surface area contributed by atoms with Crippen molar-refractivity contribution in [3.05, 3.63) is 65.7 Å². The molecule has 0 heterocycles. The summed E-state index contributed by atoms with van der Waals surface area (Å²) in [6.07, 6.45) is 24.4. The van der Waals surface area contributed by atoms with Crippen molar-refractivity contribution in [2.75, 3.05) is 27.2 Å². The Morgan fingerprint density at radius 3 is 1.45 bits per heavy atom. The number of quaternary nitrogens is 1. The van der Waals surface area contributed by atoms with Crippen molar-refractivity contribution in [2.24, 2.45) is 0 Å². The van der Waals surface area contributed by atoms with Gasteiger partial charge in [-0.3, -0.25) is 4.55 Å². The highest BCUT2D eigenvalue weighted by molar-refractivity contribution is 7.85. The molecule has 0 aliphatic heterocycles. The van der Waals surface area contributed by atoms with Gasteiger partial charge in [0.05, 0.1) is 32.1 Å². The van der Waals surface area contributed by atoms with Crippen LogP contribution in [0.1, 0.15) is 121 Å². The molecule has 4 nitrogen and oxygen atoms in total. The lowest BCUT2D eigenvalue weighted by Crippen LogP contribution is -2.42. The first kappa shape index (κ1) is 36.3. The van der Waals surface area contributed by atoms with Gasteiger partial charge >= 0.3 is 0 Å². The Morgan fingerprint density at radius 2 is 1.02 bits per heavy atom. The molecule has 228 valence electrons. The van der Waals surface area contributed by atoms with Crippen molar-refractivity contribution in [1.82, 2.24) is 0 Å². The van der Waals surface area contributed by atoms with E-state index >= 15 is 0 Å². The van der Waals surface area contributed by atoms with Crippen LogP contribution < -0.4 is 0 Å². The van der Waals surface area contributed by atoms with Crippen LogP contribution in [0.15, 0.2) is 59.5 Å². The molecule has 2 aromatic rings. The van der Waals surface area contributed by atoms with E-state index in [1.165, 1.54) is 140 Å². The van der Waals surface area contributed by atoms with Crippen LogP contribution in [0, 0.1) is 6.92 Å². The average Bonchev–Trinajstić information content (AvgIpc) is 2.92. The number of likely N-dealkylation sites (N-methyl/N-ethyl adjacent to an activating group) is 1. The fraction of sp³-hybridized carbons (Fsp3) is 0.657. The van der Waals surface area contributed by atoms with Crippen molar-refractivity contribution in [2.45, 2.75) is 128 Å². The average molecular weight is 575 g/mol. The molecule has 0 aliphatic carbocycles. The first-order valence-electron chi connectivity index (χ1n) is 16.0. The predicted molar refractivity (Wildman–Crippen MR) is 173 cm³/mol. The fourth-order valence-corrected chi connectivity index (χ4v) is 5.47. The second-order valence-electron chi connectivity index (χ2n) is 12.2. The monoisotopic (exact) mass is 574 g/mol. The maximum atomic E-state index is 10.5. The van der Waals surface area contributed by atoms with Crippen LogP contribution in [0.4, 0.5) is 0 Å². The number of rotatable bonds is 21. The number of nitrogens with zero attached hydrogens (tertiary/aromatic N) is 1. The van der Waals surface area contributed by atoms with Gasteiger partial charge in [-0.2, -0.15) is 8.42 Å². The Bertz CT molecular complexity index is 956. The summed E-state index contributed by atoms with van der Waals surface area (Å²) in [5.74, 6) is 0. The molecule has 0 spiro atoms. The Morgan fingerprint density at radius 1 is 0.600 bits per heavy atom. The van der Waals surface area contributed by atoms with Crippen LogP contribution in [-0.4, -0.2) is 44.6 Å². The number of unbranched alkanes of at least 4 members (excludes halogenated alkanes) is 15. The van der Waals surface area contributed by atoms with Gasteiger partial charge in [0, 0.05) is 6.42 Å². The summed E-state index contributed by atoms with van der Waals surface area (Å²) in [7, 11) is 0.774. The molecular formula is C35H60NO3S+. The largest absolute Gasteiger partial charge is 0.328 e. The predicted octanol–water partition coefficient (Wildman–Crippen LogP) is 9.81. The highest BCUT2D eigenvalue weighted by atomic mass is 32.2. The van der Waals surface area contributed by atoms with Gasteiger partial charge < -0.3 is 4.48 Å². The van der Waals surface area contributed by atoms with E-state index in [-0.39, 0.29) is 4.90 Å². The van der Waals surface area contributed by atoms with Crippen LogP contribution in [0.25, 0.3) is 0 Å². The quantitative estimate of drug-likeness (QED) is 0.0917. The highest BCUT2D eigenvalue weighted by Gasteiger charge is 2.14. The van der Waals surface area contributed by atoms with Crippen LogP contribution in [0.5, 0.6) is 0 Å². The molecule has 0 amide bonds. The molecule has 0 atom stereocenters. The van der Waals surface area contributed by atoms with Crippen molar-refractivity contribution >= 4 is 10.1 Å². The van der Waals surface area contributed by atoms with Crippen LogP contribution in [0.3, 0.4) is 0 Å². The third-order valence-electron chi connectivity index (χ3n) is 7.78. The van der Waals surface area contributed by atoms with Gasteiger partial charge in [-0.1, -0.05) is 145 Å². The number of hydrogen-bond acceptors (Lipinski definition) is 2. The van der Waals surface area contributed by atoms with E-state index in [4.69, 9.17) is 4.55 Å². The van der Waals surface area contributed by atoms with E-state index < -0.39 is 10.1 Å². The molecule has 0 aliphatic rings. The van der Waals surface area contributed by atoms with E-state index in [1.807, 2.05) is 6.92 Å². The Hall–Kier alpha value is -1.69. The summed E-state index contributed by atoms with van der Waals surface area (Å²) < 4.78 is 30.7. The lowest BCUT2D eigenvalue weighted by Gasteiger charge is -2.30. The lowest BCUT2D eigenvalue weighted by molar-refractivity contribution is -0.890. The van der Waals surface area contributed by atoms with Gasteiger partial charge in [-0.15, -0.1) is 0 Å². The molecule has 5 heteroatoms. The minimum Gasteiger partial charge on any atom is -0.328 e. The van der Waals surface area contributed by atoms with Gasteiger partial charge in [0.15, 0.2) is 0 Å². The third kappa shape index (κ3) is 20.2. The molecule has 1 N–H and O–H groups in total. The molecule has 0 aromatic heterocycles. The van der Waals surface area contributed by atoms with E-state index in [9.17, 15) is 8.42 Å². The van der Waals surface area contributed by atoms with E-state index in [0.717, 1.165) is 10.0 Å². The highest BCUT2D eigenvalue weighted by Crippen LogP contribution is 2.14. The molecule has 2 aromatic carbocycles. The zero-order valence-corrected chi connectivity index (χ0v) is 27.1. The number of aryl methyl sites for hydroxylation is 1. The van der Waals surface area contributed by atoms with Crippen LogP contribution >= 0.6 is 0 Å². The summed E-state index contributed by atoms with van der Waals surface area (Å²) >= 11 is 0. The number of benzene rings is 2. The minimum absolute atomic E-state index is 0.0666. The SMILES string of the molecule is CCCCCCCCCCCCCCCCCC[N+](C)(C)CCc1ccccc1.Cc1ccc(S(=O)(=O)O)cc1. The summed E-state index contributed by atoms with van der Waals surface area (Å²) in [4.78, 5) is -0.0666. The van der Waals surface area contributed by atoms with Crippen LogP contribution in [-0.2, 0) is 16.5 Å². The van der Waals surface area contributed by atoms with Crippen molar-refractivity contribution in [3.63, 3.8) is 0 Å². The van der Waals surface area contributed by atoms with Gasteiger partial charge in [-0.25, -0.2) is 0 Å². The van der Waals surface area contributed by atoms with E-state index in [1.54, 1.807) is 12.1 Å². The molecule has 0 bridgehead atoms. The zero-order valence-electron chi connectivity index (χ0n) is 26.3. The number of hydrogen-bond donors (Lipinski definition) is 1. The first-order valence-corrected chi connectivity index (χ1v) is 17.5. The summed E-state index contributed by atoms with van der Waals surface area (Å²) in [6, 6.07) is 16.9. The molecule has 0 unspecified atom stereocenters. The summed E-state index contributed by atoms with van der Waals surface area (Å²) in [6.45, 7) is 6.72. The minimum atomic E-state index is -4.02. The normalized spacial score (nSPS) is 11.7. The van der Waals surface area contributed by atoms with Gasteiger partial charge in [-0.05, 0) is 37.5 Å². The molecule has 0 fully saturated rings. The maximum Gasteiger partial charge on any atom is 0.294 e. The molecule has 0 saturated heterocycles. The van der Waals surface area contributed by atoms with E-state index in [0.29, 0.717) is 0 Å². The Balaban J connectivity index is 0.000000603. The second kappa shape index (κ2) is 22.0. The maximum absolute atomic E-state index is 10.5. The summed E-state index contributed by atoms with van der Waals surface area (Å²) in [5, 5.41) is 0. The smallest absolute Gasteiger partial charge is 0.294 e.